The molecule has 3 rings (SSSR count). The van der Waals surface area contributed by atoms with Crippen LogP contribution in [0, 0.1) is 0 Å². The second-order valence-electron chi connectivity index (χ2n) is 4.66. The molecule has 0 saturated carbocycles. The van der Waals surface area contributed by atoms with Crippen molar-refractivity contribution >= 4 is 40.2 Å². The maximum Gasteiger partial charge on any atom is 0.271 e. The minimum Gasteiger partial charge on any atom is -0.291 e. The molecule has 2 aromatic heterocycles. The van der Waals surface area contributed by atoms with Crippen molar-refractivity contribution in [3.05, 3.63) is 65.7 Å². The van der Waals surface area contributed by atoms with Crippen molar-refractivity contribution in [2.24, 2.45) is 5.14 Å². The lowest BCUT2D eigenvalue weighted by atomic mass is 10.3. The number of hydrogen-bond donors (Lipinski definition) is 2. The van der Waals surface area contributed by atoms with Crippen LogP contribution in [0.15, 0.2) is 70.6 Å². The van der Waals surface area contributed by atoms with Gasteiger partial charge in [0.2, 0.25) is 0 Å². The molecule has 0 bridgehead atoms. The number of nitrogens with zero attached hydrogens (tertiary/aromatic N) is 1. The third-order valence-electron chi connectivity index (χ3n) is 3.07. The predicted molar refractivity (Wildman–Crippen MR) is 97.9 cm³/mol. The second kappa shape index (κ2) is 7.71. The molecule has 0 aliphatic rings. The van der Waals surface area contributed by atoms with Crippen LogP contribution < -0.4 is 9.86 Å². The summed E-state index contributed by atoms with van der Waals surface area (Å²) in [6.07, 6.45) is 1.72. The Morgan fingerprint density at radius 1 is 1.12 bits per heavy atom. The Bertz CT molecular complexity index is 881. The molecular formula is C16H13N3O2S3. The van der Waals surface area contributed by atoms with Crippen molar-refractivity contribution in [3.8, 4) is 10.6 Å². The van der Waals surface area contributed by atoms with Gasteiger partial charge in [-0.15, -0.1) is 11.3 Å². The molecule has 3 aromatic rings. The first-order chi connectivity index (χ1) is 11.6. The van der Waals surface area contributed by atoms with Gasteiger partial charge < -0.3 is 0 Å². The number of hydrogen-bond acceptors (Lipinski definition) is 5. The first-order valence-electron chi connectivity index (χ1n) is 6.89. The second-order valence-corrected chi connectivity index (χ2v) is 7.62. The zero-order chi connectivity index (χ0) is 16.9. The van der Waals surface area contributed by atoms with E-state index in [-0.39, 0.29) is 5.91 Å². The van der Waals surface area contributed by atoms with E-state index in [0.29, 0.717) is 14.7 Å². The van der Waals surface area contributed by atoms with Crippen LogP contribution in [-0.4, -0.2) is 15.1 Å². The van der Waals surface area contributed by atoms with Gasteiger partial charge in [-0.2, -0.15) is 0 Å². The summed E-state index contributed by atoms with van der Waals surface area (Å²) in [5.74, 6) is -0.218. The Morgan fingerprint density at radius 2 is 1.92 bits per heavy atom. The molecule has 24 heavy (non-hydrogen) atoms. The molecule has 1 aromatic carbocycles. The van der Waals surface area contributed by atoms with Crippen molar-refractivity contribution in [2.75, 3.05) is 0 Å². The summed E-state index contributed by atoms with van der Waals surface area (Å²) in [6.45, 7) is 0. The van der Waals surface area contributed by atoms with E-state index in [1.165, 1.54) is 11.3 Å². The molecule has 0 spiro atoms. The number of nitrogens with one attached hydrogen (secondary N) is 1. The van der Waals surface area contributed by atoms with E-state index in [4.69, 9.17) is 5.14 Å². The normalized spacial score (nSPS) is 11.9. The van der Waals surface area contributed by atoms with Crippen LogP contribution >= 0.6 is 23.3 Å². The highest BCUT2D eigenvalue weighted by molar-refractivity contribution is 7.98. The van der Waals surface area contributed by atoms with Crippen LogP contribution in [0.25, 0.3) is 10.6 Å². The fourth-order valence-electron chi connectivity index (χ4n) is 1.96. The molecular weight excluding hydrogens is 362 g/mol. The first-order valence-corrected chi connectivity index (χ1v) is 9.73. The summed E-state index contributed by atoms with van der Waals surface area (Å²) < 4.78 is 14.3. The van der Waals surface area contributed by atoms with Gasteiger partial charge in [-0.05, 0) is 48.3 Å². The van der Waals surface area contributed by atoms with Gasteiger partial charge in [-0.1, -0.05) is 18.2 Å². The highest BCUT2D eigenvalue weighted by Crippen LogP contribution is 2.27. The molecule has 1 unspecified atom stereocenters. The van der Waals surface area contributed by atoms with E-state index in [2.05, 4.69) is 9.71 Å². The SMILES string of the molecule is NS(=O)c1ccccc1SNC(=O)c1ccc(-c2ccccn2)s1. The van der Waals surface area contributed by atoms with Gasteiger partial charge in [0, 0.05) is 11.1 Å². The predicted octanol–water partition coefficient (Wildman–Crippen LogP) is 3.23. The van der Waals surface area contributed by atoms with Gasteiger partial charge in [0.15, 0.2) is 0 Å². The third kappa shape index (κ3) is 3.90. The molecule has 0 aliphatic carbocycles. The maximum atomic E-state index is 12.3. The standard InChI is InChI=1S/C16H13N3O2S3/c17-24(21)15-7-2-1-6-13(15)23-19-16(20)14-9-8-12(22-14)11-5-3-4-10-18-11/h1-10H,17H2,(H,19,20). The Hall–Kier alpha value is -2.00. The number of carbonyl (C=O) groups is 1. The van der Waals surface area contributed by atoms with E-state index in [0.717, 1.165) is 22.5 Å². The molecule has 0 fully saturated rings. The molecule has 0 saturated heterocycles. The number of carbonyl (C=O) groups excluding carboxylic acids is 1. The van der Waals surface area contributed by atoms with Crippen LogP contribution in [0.2, 0.25) is 0 Å². The Kier molecular flexibility index (Phi) is 5.41. The van der Waals surface area contributed by atoms with Crippen molar-refractivity contribution < 1.29 is 9.00 Å². The van der Waals surface area contributed by atoms with Crippen molar-refractivity contribution in [1.82, 2.24) is 9.71 Å². The molecule has 1 amide bonds. The average molecular weight is 376 g/mol. The summed E-state index contributed by atoms with van der Waals surface area (Å²) in [5, 5.41) is 5.44. The lowest BCUT2D eigenvalue weighted by molar-refractivity contribution is 0.0988. The molecule has 0 radical (unpaired) electrons. The van der Waals surface area contributed by atoms with Gasteiger partial charge >= 0.3 is 0 Å². The Labute approximate surface area is 150 Å². The summed E-state index contributed by atoms with van der Waals surface area (Å²) in [6, 6.07) is 16.3. The molecule has 8 heteroatoms. The number of benzene rings is 1. The smallest absolute Gasteiger partial charge is 0.271 e. The van der Waals surface area contributed by atoms with E-state index in [1.807, 2.05) is 24.3 Å². The fraction of sp³-hybridized carbons (Fsp3) is 0. The van der Waals surface area contributed by atoms with Crippen LogP contribution in [-0.2, 0) is 11.0 Å². The van der Waals surface area contributed by atoms with Crippen LogP contribution in [0.4, 0.5) is 0 Å². The van der Waals surface area contributed by atoms with Crippen molar-refractivity contribution in [3.63, 3.8) is 0 Å². The van der Waals surface area contributed by atoms with Gasteiger partial charge in [-0.25, -0.2) is 9.35 Å². The number of pyridine rings is 1. The number of nitrogens with two attached hydrogens (primary N) is 1. The topological polar surface area (TPSA) is 85.1 Å². The third-order valence-corrected chi connectivity index (χ3v) is 5.96. The van der Waals surface area contributed by atoms with Crippen LogP contribution in [0.3, 0.4) is 0 Å². The van der Waals surface area contributed by atoms with Crippen LogP contribution in [0.1, 0.15) is 9.67 Å². The Morgan fingerprint density at radius 3 is 2.67 bits per heavy atom. The number of amides is 1. The summed E-state index contributed by atoms with van der Waals surface area (Å²) in [7, 11) is -1.60. The van der Waals surface area contributed by atoms with Gasteiger partial charge in [0.1, 0.15) is 11.0 Å². The summed E-state index contributed by atoms with van der Waals surface area (Å²) >= 11 is 2.47. The number of aromatic nitrogens is 1. The van der Waals surface area contributed by atoms with Gasteiger partial charge in [0.05, 0.1) is 20.3 Å². The number of rotatable bonds is 5. The van der Waals surface area contributed by atoms with E-state index < -0.39 is 11.0 Å². The fourth-order valence-corrected chi connectivity index (χ4v) is 4.38. The molecule has 3 N–H and O–H groups in total. The van der Waals surface area contributed by atoms with E-state index in [9.17, 15) is 9.00 Å². The van der Waals surface area contributed by atoms with E-state index >= 15 is 0 Å². The highest BCUT2D eigenvalue weighted by atomic mass is 32.2. The van der Waals surface area contributed by atoms with Gasteiger partial charge in [-0.3, -0.25) is 14.5 Å². The lowest BCUT2D eigenvalue weighted by Crippen LogP contribution is -2.15. The molecule has 0 aliphatic heterocycles. The minimum atomic E-state index is -1.60. The van der Waals surface area contributed by atoms with Crippen molar-refractivity contribution in [2.45, 2.75) is 9.79 Å². The maximum absolute atomic E-state index is 12.3. The number of thiophene rings is 1. The molecule has 2 heterocycles. The molecule has 1 atom stereocenters. The first kappa shape index (κ1) is 16.8. The van der Waals surface area contributed by atoms with Crippen LogP contribution in [0.5, 0.6) is 0 Å². The Balaban J connectivity index is 1.71. The molecule has 122 valence electrons. The monoisotopic (exact) mass is 375 g/mol. The zero-order valence-corrected chi connectivity index (χ0v) is 14.8. The van der Waals surface area contributed by atoms with Crippen molar-refractivity contribution in [1.29, 1.82) is 0 Å². The quantitative estimate of drug-likeness (QED) is 0.671. The minimum absolute atomic E-state index is 0.218. The lowest BCUT2D eigenvalue weighted by Gasteiger charge is -2.06. The molecule has 5 nitrogen and oxygen atoms in total. The zero-order valence-electron chi connectivity index (χ0n) is 12.3. The van der Waals surface area contributed by atoms with Gasteiger partial charge in [0.25, 0.3) is 5.91 Å². The summed E-state index contributed by atoms with van der Waals surface area (Å²) in [4.78, 5) is 19.2. The average Bonchev–Trinajstić information content (AvgIpc) is 3.11. The largest absolute Gasteiger partial charge is 0.291 e. The van der Waals surface area contributed by atoms with E-state index in [1.54, 1.807) is 36.5 Å². The summed E-state index contributed by atoms with van der Waals surface area (Å²) in [5.41, 5.74) is 0.832. The highest BCUT2D eigenvalue weighted by Gasteiger charge is 2.13.